The summed E-state index contributed by atoms with van der Waals surface area (Å²) in [5.74, 6) is -0.155. The molecule has 3 N–H and O–H groups in total. The average Bonchev–Trinajstić information content (AvgIpc) is 2.29. The molecule has 1 heterocycles. The second-order valence-corrected chi connectivity index (χ2v) is 5.40. The Bertz CT molecular complexity index is 497. The molecule has 7 nitrogen and oxygen atoms in total. The van der Waals surface area contributed by atoms with Crippen LogP contribution < -0.4 is 11.1 Å². The molecular formula is C9H14N4O3S. The first kappa shape index (κ1) is 13.4. The molecule has 94 valence electrons. The Labute approximate surface area is 99.7 Å². The van der Waals surface area contributed by atoms with E-state index in [9.17, 15) is 13.2 Å². The molecule has 0 aliphatic heterocycles. The third-order valence-electron chi connectivity index (χ3n) is 2.11. The summed E-state index contributed by atoms with van der Waals surface area (Å²) < 4.78 is 24.9. The van der Waals surface area contributed by atoms with Crippen LogP contribution in [-0.4, -0.2) is 44.3 Å². The van der Waals surface area contributed by atoms with Crippen LogP contribution in [0.4, 0.5) is 5.82 Å². The van der Waals surface area contributed by atoms with Crippen molar-refractivity contribution < 1.29 is 13.2 Å². The van der Waals surface area contributed by atoms with Crippen molar-refractivity contribution in [3.8, 4) is 0 Å². The molecule has 1 rings (SSSR count). The number of likely N-dealkylation sites (N-methyl/N-ethyl adjacent to an activating group) is 2. The first-order valence-electron chi connectivity index (χ1n) is 4.76. The summed E-state index contributed by atoms with van der Waals surface area (Å²) in [7, 11) is -0.948. The fourth-order valence-electron chi connectivity index (χ4n) is 1.09. The SMILES string of the molecule is CNC(=O)CN(C)S(=O)(=O)c1ccc(N)nc1. The number of anilines is 1. The van der Waals surface area contributed by atoms with Gasteiger partial charge in [0.1, 0.15) is 10.7 Å². The maximum Gasteiger partial charge on any atom is 0.244 e. The van der Waals surface area contributed by atoms with Crippen LogP contribution in [0.3, 0.4) is 0 Å². The van der Waals surface area contributed by atoms with Gasteiger partial charge >= 0.3 is 0 Å². The van der Waals surface area contributed by atoms with Crippen LogP contribution in [0.2, 0.25) is 0 Å². The van der Waals surface area contributed by atoms with Crippen LogP contribution in [-0.2, 0) is 14.8 Å². The molecule has 0 bridgehead atoms. The third kappa shape index (κ3) is 3.14. The molecule has 1 aromatic heterocycles. The van der Waals surface area contributed by atoms with E-state index in [1.807, 2.05) is 0 Å². The molecule has 8 heteroatoms. The van der Waals surface area contributed by atoms with Crippen LogP contribution in [0.25, 0.3) is 0 Å². The minimum atomic E-state index is -3.71. The second-order valence-electron chi connectivity index (χ2n) is 3.35. The summed E-state index contributed by atoms with van der Waals surface area (Å²) in [5.41, 5.74) is 5.36. The highest BCUT2D eigenvalue weighted by Crippen LogP contribution is 2.13. The Hall–Kier alpha value is -1.67. The molecule has 0 aliphatic carbocycles. The summed E-state index contributed by atoms with van der Waals surface area (Å²) in [6.45, 7) is -0.247. The van der Waals surface area contributed by atoms with E-state index >= 15 is 0 Å². The lowest BCUT2D eigenvalue weighted by atomic mass is 10.5. The number of aromatic nitrogens is 1. The van der Waals surface area contributed by atoms with E-state index in [1.54, 1.807) is 0 Å². The van der Waals surface area contributed by atoms with Gasteiger partial charge in [-0.15, -0.1) is 0 Å². The van der Waals surface area contributed by atoms with Gasteiger partial charge < -0.3 is 11.1 Å². The number of sulfonamides is 1. The molecule has 0 unspecified atom stereocenters. The zero-order valence-electron chi connectivity index (χ0n) is 9.54. The van der Waals surface area contributed by atoms with Crippen molar-refractivity contribution in [2.75, 3.05) is 26.4 Å². The standard InChI is InChI=1S/C9H14N4O3S/c1-11-9(14)6-13(2)17(15,16)7-3-4-8(10)12-5-7/h3-5H,6H2,1-2H3,(H2,10,12)(H,11,14). The Morgan fingerprint density at radius 2 is 2.18 bits per heavy atom. The number of pyridine rings is 1. The molecular weight excluding hydrogens is 244 g/mol. The molecule has 0 atom stereocenters. The predicted octanol–water partition coefficient (Wildman–Crippen LogP) is -0.970. The maximum atomic E-state index is 12.0. The average molecular weight is 258 g/mol. The zero-order valence-corrected chi connectivity index (χ0v) is 10.4. The molecule has 0 spiro atoms. The van der Waals surface area contributed by atoms with Crippen molar-refractivity contribution in [1.29, 1.82) is 0 Å². The number of nitrogen functional groups attached to an aromatic ring is 1. The van der Waals surface area contributed by atoms with Crippen molar-refractivity contribution in [3.63, 3.8) is 0 Å². The number of carbonyl (C=O) groups excluding carboxylic acids is 1. The van der Waals surface area contributed by atoms with E-state index in [4.69, 9.17) is 5.73 Å². The molecule has 0 aliphatic rings. The van der Waals surface area contributed by atoms with Crippen molar-refractivity contribution in [2.45, 2.75) is 4.90 Å². The Balaban J connectivity index is 2.95. The fraction of sp³-hybridized carbons (Fsp3) is 0.333. The topological polar surface area (TPSA) is 105 Å². The Morgan fingerprint density at radius 1 is 1.53 bits per heavy atom. The fourth-order valence-corrected chi connectivity index (χ4v) is 2.16. The largest absolute Gasteiger partial charge is 0.384 e. The second kappa shape index (κ2) is 5.11. The lowest BCUT2D eigenvalue weighted by molar-refractivity contribution is -0.120. The molecule has 1 aromatic rings. The maximum absolute atomic E-state index is 12.0. The van der Waals surface area contributed by atoms with Crippen LogP contribution >= 0.6 is 0 Å². The normalized spacial score (nSPS) is 11.5. The molecule has 0 saturated heterocycles. The zero-order chi connectivity index (χ0) is 13.1. The number of hydrogen-bond acceptors (Lipinski definition) is 5. The van der Waals surface area contributed by atoms with Gasteiger partial charge in [0.05, 0.1) is 6.54 Å². The quantitative estimate of drug-likeness (QED) is 0.723. The smallest absolute Gasteiger partial charge is 0.244 e. The molecule has 17 heavy (non-hydrogen) atoms. The predicted molar refractivity (Wildman–Crippen MR) is 62.5 cm³/mol. The van der Waals surface area contributed by atoms with Crippen molar-refractivity contribution in [3.05, 3.63) is 18.3 Å². The lowest BCUT2D eigenvalue weighted by Crippen LogP contribution is -2.36. The summed E-state index contributed by atoms with van der Waals surface area (Å²) in [4.78, 5) is 14.8. The van der Waals surface area contributed by atoms with Crippen LogP contribution in [0.1, 0.15) is 0 Å². The third-order valence-corrected chi connectivity index (χ3v) is 3.90. The number of carbonyl (C=O) groups is 1. The molecule has 0 radical (unpaired) electrons. The van der Waals surface area contributed by atoms with Gasteiger partial charge in [-0.05, 0) is 12.1 Å². The first-order valence-corrected chi connectivity index (χ1v) is 6.20. The summed E-state index contributed by atoms with van der Waals surface area (Å²) >= 11 is 0. The Morgan fingerprint density at radius 3 is 2.65 bits per heavy atom. The van der Waals surface area contributed by atoms with Crippen molar-refractivity contribution in [1.82, 2.24) is 14.6 Å². The van der Waals surface area contributed by atoms with E-state index in [1.165, 1.54) is 26.2 Å². The summed E-state index contributed by atoms with van der Waals surface area (Å²) in [6.07, 6.45) is 1.16. The first-order chi connectivity index (χ1) is 7.87. The highest BCUT2D eigenvalue weighted by atomic mass is 32.2. The van der Waals surface area contributed by atoms with Gasteiger partial charge in [0.15, 0.2) is 0 Å². The number of nitrogens with two attached hydrogens (primary N) is 1. The number of rotatable bonds is 4. The van der Waals surface area contributed by atoms with Crippen LogP contribution in [0.15, 0.2) is 23.2 Å². The van der Waals surface area contributed by atoms with Gasteiger partial charge in [-0.1, -0.05) is 0 Å². The van der Waals surface area contributed by atoms with E-state index in [0.717, 1.165) is 10.5 Å². The Kier molecular flexibility index (Phi) is 4.02. The highest BCUT2D eigenvalue weighted by molar-refractivity contribution is 7.89. The molecule has 0 saturated carbocycles. The molecule has 0 fully saturated rings. The number of hydrogen-bond donors (Lipinski definition) is 2. The van der Waals surface area contributed by atoms with E-state index in [2.05, 4.69) is 10.3 Å². The van der Waals surface area contributed by atoms with E-state index < -0.39 is 10.0 Å². The van der Waals surface area contributed by atoms with Gasteiger partial charge in [-0.25, -0.2) is 13.4 Å². The minimum Gasteiger partial charge on any atom is -0.384 e. The van der Waals surface area contributed by atoms with Gasteiger partial charge in [0.25, 0.3) is 0 Å². The van der Waals surface area contributed by atoms with Gasteiger partial charge in [-0.2, -0.15) is 4.31 Å². The van der Waals surface area contributed by atoms with Gasteiger partial charge in [-0.3, -0.25) is 4.79 Å². The van der Waals surface area contributed by atoms with Crippen LogP contribution in [0.5, 0.6) is 0 Å². The summed E-state index contributed by atoms with van der Waals surface area (Å²) in [5, 5.41) is 2.35. The minimum absolute atomic E-state index is 0.00176. The van der Waals surface area contributed by atoms with Gasteiger partial charge in [0.2, 0.25) is 15.9 Å². The van der Waals surface area contributed by atoms with E-state index in [-0.39, 0.29) is 23.2 Å². The highest BCUT2D eigenvalue weighted by Gasteiger charge is 2.22. The number of nitrogens with zero attached hydrogens (tertiary/aromatic N) is 2. The molecule has 1 amide bonds. The number of amides is 1. The lowest BCUT2D eigenvalue weighted by Gasteiger charge is -2.15. The van der Waals surface area contributed by atoms with Crippen molar-refractivity contribution in [2.24, 2.45) is 0 Å². The van der Waals surface area contributed by atoms with Crippen LogP contribution in [0, 0.1) is 0 Å². The van der Waals surface area contributed by atoms with E-state index in [0.29, 0.717) is 0 Å². The summed E-state index contributed by atoms with van der Waals surface area (Å²) in [6, 6.07) is 2.73. The van der Waals surface area contributed by atoms with Gasteiger partial charge in [0, 0.05) is 20.3 Å². The molecule has 0 aromatic carbocycles. The monoisotopic (exact) mass is 258 g/mol. The number of nitrogens with one attached hydrogen (secondary N) is 1. The van der Waals surface area contributed by atoms with Crippen molar-refractivity contribution >= 4 is 21.7 Å².